The summed E-state index contributed by atoms with van der Waals surface area (Å²) in [6, 6.07) is 4.16. The van der Waals surface area contributed by atoms with Gasteiger partial charge in [-0.1, -0.05) is 6.07 Å². The van der Waals surface area contributed by atoms with Crippen LogP contribution in [0.2, 0.25) is 0 Å². The Morgan fingerprint density at radius 2 is 2.20 bits per heavy atom. The number of para-hydroxylation sites is 1. The number of ether oxygens (including phenoxy) is 1. The summed E-state index contributed by atoms with van der Waals surface area (Å²) >= 11 is 0. The monoisotopic (exact) mass is 279 g/mol. The number of nitrogens with zero attached hydrogens (tertiary/aromatic N) is 1. The Labute approximate surface area is 114 Å². The highest BCUT2D eigenvalue weighted by molar-refractivity contribution is 5.95. The molecular weight excluding hydrogens is 266 g/mol. The molecule has 8 heteroatoms. The van der Waals surface area contributed by atoms with Gasteiger partial charge >= 0.3 is 12.0 Å². The van der Waals surface area contributed by atoms with Gasteiger partial charge in [-0.15, -0.1) is 0 Å². The lowest BCUT2D eigenvalue weighted by molar-refractivity contribution is -0.140. The molecule has 0 spiro atoms. The minimum atomic E-state index is -1.43. The van der Waals surface area contributed by atoms with E-state index in [1.807, 2.05) is 6.07 Å². The molecule has 2 amide bonds. The number of anilines is 1. The molecule has 0 aliphatic rings. The summed E-state index contributed by atoms with van der Waals surface area (Å²) in [4.78, 5) is 22.3. The predicted octanol–water partition coefficient (Wildman–Crippen LogP) is 0.134. The van der Waals surface area contributed by atoms with E-state index in [1.54, 1.807) is 6.07 Å². The largest absolute Gasteiger partial charge is 0.495 e. The van der Waals surface area contributed by atoms with Gasteiger partial charge in [-0.2, -0.15) is 5.26 Å². The number of urea groups is 1. The zero-order chi connectivity index (χ0) is 15.1. The number of aliphatic carboxylic acids is 1. The Bertz CT molecular complexity index is 553. The molecule has 0 saturated heterocycles. The number of hydrogen-bond acceptors (Lipinski definition) is 5. The van der Waals surface area contributed by atoms with Gasteiger partial charge in [-0.05, 0) is 12.1 Å². The highest BCUT2D eigenvalue weighted by Crippen LogP contribution is 2.27. The van der Waals surface area contributed by atoms with E-state index in [0.29, 0.717) is 0 Å². The normalized spacial score (nSPS) is 11.1. The first-order valence-corrected chi connectivity index (χ1v) is 5.51. The summed E-state index contributed by atoms with van der Waals surface area (Å²) in [5.74, 6) is -1.11. The number of carboxylic acid groups (broad SMARTS) is 1. The topological polar surface area (TPSA) is 132 Å². The number of benzene rings is 1. The molecule has 1 unspecified atom stereocenters. The van der Waals surface area contributed by atoms with Crippen molar-refractivity contribution >= 4 is 17.7 Å². The molecule has 1 rings (SSSR count). The minimum absolute atomic E-state index is 0.122. The Morgan fingerprint density at radius 1 is 1.50 bits per heavy atom. The van der Waals surface area contributed by atoms with Gasteiger partial charge in [0.15, 0.2) is 6.04 Å². The lowest BCUT2D eigenvalue weighted by Gasteiger charge is -2.15. The maximum Gasteiger partial charge on any atom is 0.328 e. The van der Waals surface area contributed by atoms with Crippen molar-refractivity contribution in [3.05, 3.63) is 23.8 Å². The van der Waals surface area contributed by atoms with Crippen molar-refractivity contribution < 1.29 is 24.5 Å². The summed E-state index contributed by atoms with van der Waals surface area (Å²) in [6.07, 6.45) is 0. The van der Waals surface area contributed by atoms with Gasteiger partial charge in [0.05, 0.1) is 19.3 Å². The van der Waals surface area contributed by atoms with Gasteiger partial charge in [0.2, 0.25) is 0 Å². The van der Waals surface area contributed by atoms with Crippen LogP contribution in [0.3, 0.4) is 0 Å². The quantitative estimate of drug-likeness (QED) is 0.606. The van der Waals surface area contributed by atoms with E-state index in [4.69, 9.17) is 20.2 Å². The van der Waals surface area contributed by atoms with Crippen molar-refractivity contribution in [2.24, 2.45) is 0 Å². The van der Waals surface area contributed by atoms with Gasteiger partial charge in [0, 0.05) is 0 Å². The molecule has 0 aliphatic carbocycles. The van der Waals surface area contributed by atoms with Gasteiger partial charge in [0.1, 0.15) is 17.5 Å². The third-order valence-corrected chi connectivity index (χ3v) is 2.39. The van der Waals surface area contributed by atoms with Crippen LogP contribution in [0, 0.1) is 11.3 Å². The van der Waals surface area contributed by atoms with Gasteiger partial charge < -0.3 is 25.6 Å². The number of carbonyl (C=O) groups is 2. The second-order valence-corrected chi connectivity index (χ2v) is 3.67. The fourth-order valence-electron chi connectivity index (χ4n) is 1.42. The molecule has 0 aromatic heterocycles. The zero-order valence-electron chi connectivity index (χ0n) is 10.6. The lowest BCUT2D eigenvalue weighted by atomic mass is 10.2. The Balaban J connectivity index is 2.91. The molecular formula is C12H13N3O5. The first-order valence-electron chi connectivity index (χ1n) is 5.51. The number of nitrogens with one attached hydrogen (secondary N) is 2. The highest BCUT2D eigenvalue weighted by Gasteiger charge is 2.20. The zero-order valence-corrected chi connectivity index (χ0v) is 10.6. The van der Waals surface area contributed by atoms with E-state index < -0.39 is 24.6 Å². The van der Waals surface area contributed by atoms with E-state index in [-0.39, 0.29) is 17.0 Å². The number of carboxylic acids is 1. The molecule has 1 aromatic rings. The third-order valence-electron chi connectivity index (χ3n) is 2.39. The van der Waals surface area contributed by atoms with E-state index in [1.165, 1.54) is 19.2 Å². The number of nitriles is 1. The van der Waals surface area contributed by atoms with Crippen molar-refractivity contribution in [2.75, 3.05) is 19.0 Å². The van der Waals surface area contributed by atoms with Gasteiger partial charge in [-0.25, -0.2) is 9.59 Å². The van der Waals surface area contributed by atoms with E-state index in [2.05, 4.69) is 10.6 Å². The third kappa shape index (κ3) is 3.60. The summed E-state index contributed by atoms with van der Waals surface area (Å²) in [5.41, 5.74) is 0.285. The number of aliphatic hydroxyl groups is 1. The number of carbonyl (C=O) groups excluding carboxylic acids is 1. The summed E-state index contributed by atoms with van der Waals surface area (Å²) < 4.78 is 5.01. The van der Waals surface area contributed by atoms with Crippen LogP contribution >= 0.6 is 0 Å². The molecule has 0 aliphatic heterocycles. The molecule has 1 aromatic carbocycles. The van der Waals surface area contributed by atoms with Gasteiger partial charge in [-0.3, -0.25) is 0 Å². The van der Waals surface area contributed by atoms with Crippen molar-refractivity contribution in [1.82, 2.24) is 5.32 Å². The SMILES string of the molecule is COc1cccc(C#N)c1NC(=O)NC(CO)C(=O)O. The Hall–Kier alpha value is -2.79. The second-order valence-electron chi connectivity index (χ2n) is 3.67. The Kier molecular flexibility index (Phi) is 5.31. The maximum absolute atomic E-state index is 11.7. The molecule has 1 atom stereocenters. The molecule has 106 valence electrons. The standard InChI is InChI=1S/C12H13N3O5/c1-20-9-4-2-3-7(5-13)10(9)15-12(19)14-8(6-16)11(17)18/h2-4,8,16H,6H2,1H3,(H,17,18)(H2,14,15,19). The number of hydrogen-bond donors (Lipinski definition) is 4. The fourth-order valence-corrected chi connectivity index (χ4v) is 1.42. The van der Waals surface area contributed by atoms with E-state index in [0.717, 1.165) is 0 Å². The highest BCUT2D eigenvalue weighted by atomic mass is 16.5. The van der Waals surface area contributed by atoms with E-state index in [9.17, 15) is 9.59 Å². The number of aliphatic hydroxyl groups excluding tert-OH is 1. The molecule has 4 N–H and O–H groups in total. The summed E-state index contributed by atoms with van der Waals surface area (Å²) in [7, 11) is 1.37. The molecule has 20 heavy (non-hydrogen) atoms. The lowest BCUT2D eigenvalue weighted by Crippen LogP contribution is -2.45. The Morgan fingerprint density at radius 3 is 2.70 bits per heavy atom. The van der Waals surface area contributed by atoms with Crippen LogP contribution in [-0.4, -0.2) is 42.0 Å². The van der Waals surface area contributed by atoms with Crippen LogP contribution in [0.1, 0.15) is 5.56 Å². The van der Waals surface area contributed by atoms with Crippen LogP contribution in [0.5, 0.6) is 5.75 Å². The van der Waals surface area contributed by atoms with Crippen LogP contribution in [0.15, 0.2) is 18.2 Å². The second kappa shape index (κ2) is 6.96. The maximum atomic E-state index is 11.7. The van der Waals surface area contributed by atoms with Crippen LogP contribution in [-0.2, 0) is 4.79 Å². The minimum Gasteiger partial charge on any atom is -0.495 e. The van der Waals surface area contributed by atoms with Crippen LogP contribution < -0.4 is 15.4 Å². The van der Waals surface area contributed by atoms with Gasteiger partial charge in [0.25, 0.3) is 0 Å². The molecule has 0 heterocycles. The molecule has 0 saturated carbocycles. The first kappa shape index (κ1) is 15.3. The average molecular weight is 279 g/mol. The fraction of sp³-hybridized carbons (Fsp3) is 0.250. The van der Waals surface area contributed by atoms with Crippen molar-refractivity contribution in [3.63, 3.8) is 0 Å². The molecule has 8 nitrogen and oxygen atoms in total. The van der Waals surface area contributed by atoms with Crippen molar-refractivity contribution in [1.29, 1.82) is 5.26 Å². The summed E-state index contributed by atoms with van der Waals surface area (Å²) in [5, 5.41) is 30.9. The first-order chi connectivity index (χ1) is 9.53. The van der Waals surface area contributed by atoms with Crippen molar-refractivity contribution in [2.45, 2.75) is 6.04 Å². The number of methoxy groups -OCH3 is 1. The average Bonchev–Trinajstić information content (AvgIpc) is 2.44. The smallest absolute Gasteiger partial charge is 0.328 e. The number of amides is 2. The van der Waals surface area contributed by atoms with Crippen LogP contribution in [0.25, 0.3) is 0 Å². The molecule has 0 bridgehead atoms. The van der Waals surface area contributed by atoms with Crippen LogP contribution in [0.4, 0.5) is 10.5 Å². The van der Waals surface area contributed by atoms with E-state index >= 15 is 0 Å². The summed E-state index contributed by atoms with van der Waals surface area (Å²) in [6.45, 7) is -0.750. The predicted molar refractivity (Wildman–Crippen MR) is 68.4 cm³/mol. The van der Waals surface area contributed by atoms with Crippen molar-refractivity contribution in [3.8, 4) is 11.8 Å². The number of rotatable bonds is 5. The molecule has 0 fully saturated rings. The molecule has 0 radical (unpaired) electrons.